The number of likely N-dealkylation sites (tertiary alicyclic amines) is 1. The Kier molecular flexibility index (Phi) is 3.56. The van der Waals surface area contributed by atoms with Crippen molar-refractivity contribution in [3.05, 3.63) is 34.6 Å². The smallest absolute Gasteiger partial charge is 0.279 e. The summed E-state index contributed by atoms with van der Waals surface area (Å²) in [6, 6.07) is 6.83. The molecule has 2 aliphatic heterocycles. The summed E-state index contributed by atoms with van der Waals surface area (Å²) >= 11 is 0. The zero-order valence-corrected chi connectivity index (χ0v) is 12.8. The van der Waals surface area contributed by atoms with E-state index in [4.69, 9.17) is 9.47 Å². The molecular weight excluding hydrogens is 298 g/mol. The Labute approximate surface area is 133 Å². The molecular formula is C16H19N3O4. The Bertz CT molecular complexity index is 772. The summed E-state index contributed by atoms with van der Waals surface area (Å²) in [5, 5.41) is 16.8. The minimum absolute atomic E-state index is 0.207. The molecule has 2 saturated heterocycles. The number of nitrogens with one attached hydrogen (secondary N) is 1. The summed E-state index contributed by atoms with van der Waals surface area (Å²) in [4.78, 5) is 13.7. The molecule has 2 aromatic rings. The Hall–Kier alpha value is -1.96. The zero-order valence-electron chi connectivity index (χ0n) is 12.8. The minimum atomic E-state index is -0.422. The fourth-order valence-corrected chi connectivity index (χ4v) is 3.45. The molecule has 23 heavy (non-hydrogen) atoms. The van der Waals surface area contributed by atoms with Crippen molar-refractivity contribution < 1.29 is 19.5 Å². The molecule has 0 saturated carbocycles. The number of ether oxygens (including phenoxy) is 2. The van der Waals surface area contributed by atoms with Crippen molar-refractivity contribution in [2.75, 3.05) is 26.3 Å². The lowest BCUT2D eigenvalue weighted by Gasteiger charge is -2.35. The molecule has 0 aliphatic carbocycles. The van der Waals surface area contributed by atoms with Crippen molar-refractivity contribution in [1.82, 2.24) is 9.78 Å². The van der Waals surface area contributed by atoms with Crippen LogP contribution in [0.3, 0.4) is 0 Å². The van der Waals surface area contributed by atoms with E-state index < -0.39 is 5.79 Å². The summed E-state index contributed by atoms with van der Waals surface area (Å²) in [5.74, 6) is -0.773. The van der Waals surface area contributed by atoms with Crippen molar-refractivity contribution >= 4 is 10.8 Å². The first-order chi connectivity index (χ1) is 11.2. The van der Waals surface area contributed by atoms with E-state index in [-0.39, 0.29) is 11.4 Å². The highest BCUT2D eigenvalue weighted by molar-refractivity contribution is 5.85. The van der Waals surface area contributed by atoms with Gasteiger partial charge in [-0.05, 0) is 11.5 Å². The van der Waals surface area contributed by atoms with Crippen molar-refractivity contribution in [1.29, 1.82) is 0 Å². The van der Waals surface area contributed by atoms with Gasteiger partial charge in [-0.15, -0.1) is 0 Å². The van der Waals surface area contributed by atoms with Crippen LogP contribution in [0, 0.1) is 0 Å². The molecule has 1 aromatic heterocycles. The maximum absolute atomic E-state index is 12.5. The minimum Gasteiger partial charge on any atom is -0.857 e. The molecule has 3 heterocycles. The maximum Gasteiger partial charge on any atom is 0.279 e. The summed E-state index contributed by atoms with van der Waals surface area (Å²) in [7, 11) is 0. The van der Waals surface area contributed by atoms with E-state index in [1.54, 1.807) is 24.3 Å². The van der Waals surface area contributed by atoms with Gasteiger partial charge < -0.3 is 19.5 Å². The highest BCUT2D eigenvalue weighted by Gasteiger charge is 2.41. The Morgan fingerprint density at radius 3 is 2.52 bits per heavy atom. The van der Waals surface area contributed by atoms with Gasteiger partial charge in [-0.1, -0.05) is 18.2 Å². The number of piperidine rings is 1. The van der Waals surface area contributed by atoms with Crippen LogP contribution >= 0.6 is 0 Å². The van der Waals surface area contributed by atoms with E-state index in [1.807, 2.05) is 0 Å². The van der Waals surface area contributed by atoms with Gasteiger partial charge in [-0.3, -0.25) is 4.79 Å². The molecule has 1 N–H and O–H groups in total. The molecule has 7 heteroatoms. The number of rotatable bonds is 2. The monoisotopic (exact) mass is 317 g/mol. The molecule has 0 atom stereocenters. The standard InChI is InChI=1S/C16H19N3O4/c20-14-12-3-1-2-4-13(12)15(21)19(17-14)11-18-7-5-16(6-8-18)22-9-10-23-16/h1-4H,5-11H2,(H,17,20). The van der Waals surface area contributed by atoms with Crippen LogP contribution in [0.5, 0.6) is 5.88 Å². The molecule has 0 amide bonds. The largest absolute Gasteiger partial charge is 0.857 e. The van der Waals surface area contributed by atoms with Crippen LogP contribution in [0.1, 0.15) is 12.8 Å². The Morgan fingerprint density at radius 1 is 1.17 bits per heavy atom. The van der Waals surface area contributed by atoms with E-state index in [9.17, 15) is 9.90 Å². The summed E-state index contributed by atoms with van der Waals surface area (Å²) in [6.07, 6.45) is 1.60. The molecule has 1 spiro atoms. The second-order valence-corrected chi connectivity index (χ2v) is 6.17. The van der Waals surface area contributed by atoms with Gasteiger partial charge in [0, 0.05) is 11.3 Å². The van der Waals surface area contributed by atoms with Crippen LogP contribution in [0.2, 0.25) is 0 Å². The maximum atomic E-state index is 12.5. The fourth-order valence-electron chi connectivity index (χ4n) is 3.45. The van der Waals surface area contributed by atoms with E-state index in [0.29, 0.717) is 30.7 Å². The van der Waals surface area contributed by atoms with Crippen LogP contribution in [-0.4, -0.2) is 41.9 Å². The van der Waals surface area contributed by atoms with Crippen LogP contribution in [0.4, 0.5) is 0 Å². The van der Waals surface area contributed by atoms with Crippen molar-refractivity contribution in [2.45, 2.75) is 25.3 Å². The van der Waals surface area contributed by atoms with Crippen LogP contribution < -0.4 is 15.6 Å². The highest BCUT2D eigenvalue weighted by atomic mass is 16.7. The number of benzene rings is 1. The Morgan fingerprint density at radius 2 is 1.83 bits per heavy atom. The van der Waals surface area contributed by atoms with E-state index in [0.717, 1.165) is 25.9 Å². The third-order valence-electron chi connectivity index (χ3n) is 4.74. The van der Waals surface area contributed by atoms with Gasteiger partial charge in [0.25, 0.3) is 5.56 Å². The number of aromatic nitrogens is 2. The summed E-state index contributed by atoms with van der Waals surface area (Å²) in [5.41, 5.74) is -0.207. The number of hydrogen-bond acceptors (Lipinski definition) is 5. The third-order valence-corrected chi connectivity index (χ3v) is 4.74. The number of nitrogens with zero attached hydrogens (tertiary/aromatic N) is 2. The van der Waals surface area contributed by atoms with Crippen LogP contribution in [0.15, 0.2) is 29.1 Å². The first-order valence-electron chi connectivity index (χ1n) is 7.95. The molecule has 7 nitrogen and oxygen atoms in total. The highest BCUT2D eigenvalue weighted by Crippen LogP contribution is 2.27. The topological polar surface area (TPSA) is 80.8 Å². The van der Waals surface area contributed by atoms with Crippen molar-refractivity contribution in [2.24, 2.45) is 0 Å². The molecule has 0 unspecified atom stereocenters. The molecule has 2 fully saturated rings. The summed E-state index contributed by atoms with van der Waals surface area (Å²) < 4.78 is 12.7. The third kappa shape index (κ3) is 2.60. The van der Waals surface area contributed by atoms with E-state index in [2.05, 4.69) is 5.10 Å². The number of hydrogen-bond donors (Lipinski definition) is 1. The SMILES string of the molecule is O=c1c2ccccc2c([O-])nn1C[NH+]1CCC2(CC1)OCCO2. The normalized spacial score (nSPS) is 21.2. The second kappa shape index (κ2) is 5.59. The van der Waals surface area contributed by atoms with Crippen LogP contribution in [-0.2, 0) is 16.1 Å². The average Bonchev–Trinajstić information content (AvgIpc) is 3.03. The lowest BCUT2D eigenvalue weighted by molar-refractivity contribution is -0.931. The van der Waals surface area contributed by atoms with Crippen LogP contribution in [0.25, 0.3) is 10.8 Å². The molecule has 2 aliphatic rings. The van der Waals surface area contributed by atoms with Crippen molar-refractivity contribution in [3.63, 3.8) is 0 Å². The fraction of sp³-hybridized carbons (Fsp3) is 0.500. The van der Waals surface area contributed by atoms with E-state index in [1.165, 1.54) is 9.58 Å². The van der Waals surface area contributed by atoms with Gasteiger partial charge in [-0.2, -0.15) is 9.78 Å². The van der Waals surface area contributed by atoms with Crippen molar-refractivity contribution in [3.8, 4) is 5.88 Å². The quantitative estimate of drug-likeness (QED) is 0.756. The number of quaternary nitrogens is 1. The summed E-state index contributed by atoms with van der Waals surface area (Å²) in [6.45, 7) is 3.36. The van der Waals surface area contributed by atoms with Gasteiger partial charge in [0.2, 0.25) is 0 Å². The van der Waals surface area contributed by atoms with Gasteiger partial charge >= 0.3 is 0 Å². The van der Waals surface area contributed by atoms with E-state index >= 15 is 0 Å². The second-order valence-electron chi connectivity index (χ2n) is 6.17. The first-order valence-corrected chi connectivity index (χ1v) is 7.95. The lowest BCUT2D eigenvalue weighted by atomic mass is 10.0. The average molecular weight is 317 g/mol. The zero-order chi connectivity index (χ0) is 15.9. The molecule has 4 rings (SSSR count). The Balaban J connectivity index is 1.54. The first kappa shape index (κ1) is 14.6. The predicted octanol–water partition coefficient (Wildman–Crippen LogP) is -1.15. The molecule has 0 radical (unpaired) electrons. The molecule has 122 valence electrons. The van der Waals surface area contributed by atoms with Gasteiger partial charge in [-0.25, -0.2) is 0 Å². The van der Waals surface area contributed by atoms with Gasteiger partial charge in [0.15, 0.2) is 12.5 Å². The predicted molar refractivity (Wildman–Crippen MR) is 80.0 cm³/mol. The molecule has 1 aromatic carbocycles. The van der Waals surface area contributed by atoms with Gasteiger partial charge in [0.1, 0.15) is 0 Å². The lowest BCUT2D eigenvalue weighted by Crippen LogP contribution is -3.13. The molecule has 0 bridgehead atoms. The number of fused-ring (bicyclic) bond motifs is 1. The van der Waals surface area contributed by atoms with Gasteiger partial charge in [0.05, 0.1) is 39.1 Å².